The van der Waals surface area contributed by atoms with Crippen molar-refractivity contribution in [3.63, 3.8) is 0 Å². The van der Waals surface area contributed by atoms with Gasteiger partial charge in [0.1, 0.15) is 5.00 Å². The second kappa shape index (κ2) is 7.28. The first-order valence-electron chi connectivity index (χ1n) is 7.11. The summed E-state index contributed by atoms with van der Waals surface area (Å²) in [5.41, 5.74) is 0.456. The number of ether oxygens (including phenoxy) is 1. The molecule has 1 saturated heterocycles. The lowest BCUT2D eigenvalue weighted by molar-refractivity contribution is -0.117. The molecule has 0 aromatic carbocycles. The van der Waals surface area contributed by atoms with Gasteiger partial charge < -0.3 is 9.64 Å². The summed E-state index contributed by atoms with van der Waals surface area (Å²) in [5.74, 6) is 0.361. The third kappa shape index (κ3) is 3.70. The molecule has 1 aliphatic heterocycles. The van der Waals surface area contributed by atoms with Gasteiger partial charge in [-0.05, 0) is 18.4 Å². The van der Waals surface area contributed by atoms with E-state index in [0.29, 0.717) is 29.3 Å². The van der Waals surface area contributed by atoms with Gasteiger partial charge in [0.25, 0.3) is 0 Å². The zero-order valence-electron chi connectivity index (χ0n) is 12.9. The maximum atomic E-state index is 12.3. The molecule has 5 nitrogen and oxygen atoms in total. The van der Waals surface area contributed by atoms with E-state index in [1.54, 1.807) is 11.0 Å². The van der Waals surface area contributed by atoms with Crippen LogP contribution in [0.2, 0.25) is 0 Å². The monoisotopic (exact) mass is 341 g/mol. The summed E-state index contributed by atoms with van der Waals surface area (Å²) in [5, 5.41) is 0.731. The number of amides is 1. The van der Waals surface area contributed by atoms with Crippen LogP contribution >= 0.6 is 23.1 Å². The second-order valence-electron chi connectivity index (χ2n) is 5.15. The van der Waals surface area contributed by atoms with Crippen molar-refractivity contribution in [2.24, 2.45) is 5.92 Å². The van der Waals surface area contributed by atoms with Gasteiger partial charge in [-0.1, -0.05) is 18.7 Å². The van der Waals surface area contributed by atoms with Gasteiger partial charge in [0, 0.05) is 30.5 Å². The number of carbonyl (C=O) groups is 3. The number of aryl methyl sites for hydroxylation is 1. The van der Waals surface area contributed by atoms with Crippen molar-refractivity contribution in [2.75, 3.05) is 24.3 Å². The van der Waals surface area contributed by atoms with Crippen molar-refractivity contribution in [2.45, 2.75) is 26.7 Å². The quantitative estimate of drug-likeness (QED) is 0.771. The SMILES string of the molecule is CCc1cc(C(=O)OC)c(N2CC(CSC(C)=O)CC2=O)s1. The number of hydrogen-bond acceptors (Lipinski definition) is 6. The van der Waals surface area contributed by atoms with E-state index in [1.807, 2.05) is 6.92 Å². The molecule has 0 N–H and O–H groups in total. The van der Waals surface area contributed by atoms with Crippen LogP contribution in [-0.2, 0) is 20.7 Å². The molecular formula is C15H19NO4S2. The molecule has 1 aromatic heterocycles. The molecular weight excluding hydrogens is 322 g/mol. The summed E-state index contributed by atoms with van der Waals surface area (Å²) < 4.78 is 4.82. The maximum Gasteiger partial charge on any atom is 0.340 e. The highest BCUT2D eigenvalue weighted by Crippen LogP contribution is 2.37. The average molecular weight is 341 g/mol. The minimum atomic E-state index is -0.416. The van der Waals surface area contributed by atoms with Crippen molar-refractivity contribution in [3.8, 4) is 0 Å². The molecule has 120 valence electrons. The number of methoxy groups -OCH3 is 1. The second-order valence-corrected chi connectivity index (χ2v) is 7.47. The van der Waals surface area contributed by atoms with Crippen molar-refractivity contribution in [3.05, 3.63) is 16.5 Å². The molecule has 2 heterocycles. The third-order valence-corrected chi connectivity index (χ3v) is 5.84. The first-order chi connectivity index (χ1) is 10.5. The number of nitrogens with zero attached hydrogens (tertiary/aromatic N) is 1. The van der Waals surface area contributed by atoms with E-state index < -0.39 is 5.97 Å². The fourth-order valence-electron chi connectivity index (χ4n) is 2.39. The Morgan fingerprint density at radius 3 is 2.82 bits per heavy atom. The molecule has 0 saturated carbocycles. The molecule has 1 amide bonds. The van der Waals surface area contributed by atoms with Crippen molar-refractivity contribution in [1.29, 1.82) is 0 Å². The van der Waals surface area contributed by atoms with Gasteiger partial charge in [-0.15, -0.1) is 11.3 Å². The molecule has 1 aliphatic rings. The van der Waals surface area contributed by atoms with Crippen LogP contribution in [0, 0.1) is 5.92 Å². The van der Waals surface area contributed by atoms with Gasteiger partial charge in [-0.3, -0.25) is 9.59 Å². The lowest BCUT2D eigenvalue weighted by atomic mass is 10.1. The Morgan fingerprint density at radius 2 is 2.23 bits per heavy atom. The molecule has 1 fully saturated rings. The van der Waals surface area contributed by atoms with E-state index >= 15 is 0 Å². The van der Waals surface area contributed by atoms with Crippen LogP contribution in [0.5, 0.6) is 0 Å². The lowest BCUT2D eigenvalue weighted by Gasteiger charge is -2.16. The van der Waals surface area contributed by atoms with E-state index in [0.717, 1.165) is 11.3 Å². The molecule has 0 aliphatic carbocycles. The Balaban J connectivity index is 2.20. The van der Waals surface area contributed by atoms with Gasteiger partial charge in [0.15, 0.2) is 5.12 Å². The number of rotatable bonds is 5. The smallest absolute Gasteiger partial charge is 0.340 e. The first-order valence-corrected chi connectivity index (χ1v) is 8.91. The fourth-order valence-corrected chi connectivity index (χ4v) is 4.19. The fraction of sp³-hybridized carbons (Fsp3) is 0.533. The Kier molecular flexibility index (Phi) is 5.63. The van der Waals surface area contributed by atoms with Crippen molar-refractivity contribution in [1.82, 2.24) is 0 Å². The summed E-state index contributed by atoms with van der Waals surface area (Å²) in [7, 11) is 1.34. The number of carbonyl (C=O) groups excluding carboxylic acids is 3. The first kappa shape index (κ1) is 17.0. The van der Waals surface area contributed by atoms with Crippen molar-refractivity contribution >= 4 is 45.1 Å². The Labute approximate surface area is 138 Å². The Morgan fingerprint density at radius 1 is 1.50 bits per heavy atom. The summed E-state index contributed by atoms with van der Waals surface area (Å²) in [6.45, 7) is 4.09. The zero-order valence-corrected chi connectivity index (χ0v) is 14.5. The average Bonchev–Trinajstić information content (AvgIpc) is 3.07. The molecule has 0 radical (unpaired) electrons. The van der Waals surface area contributed by atoms with E-state index in [9.17, 15) is 14.4 Å². The van der Waals surface area contributed by atoms with Crippen LogP contribution in [0.25, 0.3) is 0 Å². The molecule has 1 unspecified atom stereocenters. The van der Waals surface area contributed by atoms with Crippen molar-refractivity contribution < 1.29 is 19.1 Å². The van der Waals surface area contributed by atoms with E-state index in [1.165, 1.54) is 37.1 Å². The van der Waals surface area contributed by atoms with E-state index in [2.05, 4.69) is 0 Å². The number of hydrogen-bond donors (Lipinski definition) is 0. The van der Waals surface area contributed by atoms with Gasteiger partial charge >= 0.3 is 5.97 Å². The zero-order chi connectivity index (χ0) is 16.3. The number of esters is 1. The molecule has 2 rings (SSSR count). The van der Waals surface area contributed by atoms with Gasteiger partial charge in [-0.25, -0.2) is 4.79 Å². The summed E-state index contributed by atoms with van der Waals surface area (Å²) in [6, 6.07) is 1.80. The van der Waals surface area contributed by atoms with Crippen LogP contribution in [0.1, 0.15) is 35.5 Å². The van der Waals surface area contributed by atoms with Crippen LogP contribution in [0.15, 0.2) is 6.07 Å². The highest BCUT2D eigenvalue weighted by molar-refractivity contribution is 8.13. The van der Waals surface area contributed by atoms with Gasteiger partial charge in [0.2, 0.25) is 5.91 Å². The Hall–Kier alpha value is -1.34. The van der Waals surface area contributed by atoms with E-state index in [4.69, 9.17) is 4.74 Å². The topological polar surface area (TPSA) is 63.7 Å². The molecule has 7 heteroatoms. The number of thiophene rings is 1. The van der Waals surface area contributed by atoms with Crippen LogP contribution in [-0.4, -0.2) is 36.4 Å². The summed E-state index contributed by atoms with van der Waals surface area (Å²) in [4.78, 5) is 38.0. The predicted octanol–water partition coefficient (Wildman–Crippen LogP) is 2.73. The largest absolute Gasteiger partial charge is 0.465 e. The highest BCUT2D eigenvalue weighted by Gasteiger charge is 2.34. The third-order valence-electron chi connectivity index (χ3n) is 3.49. The minimum Gasteiger partial charge on any atom is -0.465 e. The molecule has 22 heavy (non-hydrogen) atoms. The maximum absolute atomic E-state index is 12.3. The highest BCUT2D eigenvalue weighted by atomic mass is 32.2. The van der Waals surface area contributed by atoms with Crippen LogP contribution in [0.4, 0.5) is 5.00 Å². The Bertz CT molecular complexity index is 596. The normalized spacial score (nSPS) is 17.9. The predicted molar refractivity (Wildman–Crippen MR) is 88.6 cm³/mol. The summed E-state index contributed by atoms with van der Waals surface area (Å²) in [6.07, 6.45) is 1.22. The minimum absolute atomic E-state index is 0.00353. The summed E-state index contributed by atoms with van der Waals surface area (Å²) >= 11 is 2.71. The van der Waals surface area contributed by atoms with Crippen LogP contribution < -0.4 is 4.90 Å². The lowest BCUT2D eigenvalue weighted by Crippen LogP contribution is -2.25. The molecule has 0 spiro atoms. The van der Waals surface area contributed by atoms with Gasteiger partial charge in [-0.2, -0.15) is 0 Å². The number of anilines is 1. The molecule has 0 bridgehead atoms. The standard InChI is InChI=1S/C15H19NO4S2/c1-4-11-6-12(15(19)20-3)14(22-11)16-7-10(5-13(16)18)8-21-9(2)17/h6,10H,4-5,7-8H2,1-3H3. The molecule has 1 atom stereocenters. The van der Waals surface area contributed by atoms with E-state index in [-0.39, 0.29) is 16.9 Å². The molecule has 1 aromatic rings. The number of thioether (sulfide) groups is 1. The van der Waals surface area contributed by atoms with Crippen LogP contribution in [0.3, 0.4) is 0 Å². The van der Waals surface area contributed by atoms with Gasteiger partial charge in [0.05, 0.1) is 12.7 Å².